The Morgan fingerprint density at radius 3 is 2.63 bits per heavy atom. The van der Waals surface area contributed by atoms with Crippen molar-refractivity contribution in [2.45, 2.75) is 77.6 Å². The highest BCUT2D eigenvalue weighted by Gasteiger charge is 2.38. The first-order valence-corrected chi connectivity index (χ1v) is 14.7. The Labute approximate surface area is 244 Å². The molecule has 0 saturated carbocycles. The molecular weight excluding hydrogens is 522 g/mol. The van der Waals surface area contributed by atoms with Gasteiger partial charge in [-0.25, -0.2) is 10.0 Å². The maximum absolute atomic E-state index is 13.1. The average Bonchev–Trinajstić information content (AvgIpc) is 2.92. The van der Waals surface area contributed by atoms with E-state index in [2.05, 4.69) is 18.0 Å². The van der Waals surface area contributed by atoms with Gasteiger partial charge in [0, 0.05) is 30.1 Å². The number of quaternary nitrogens is 1. The molecule has 0 radical (unpaired) electrons. The summed E-state index contributed by atoms with van der Waals surface area (Å²) in [5.74, 6) is -0.412. The first kappa shape index (κ1) is 32.5. The Bertz CT molecular complexity index is 1100. The summed E-state index contributed by atoms with van der Waals surface area (Å²) in [5, 5.41) is 21.6. The average molecular weight is 571 g/mol. The highest BCUT2D eigenvalue weighted by atomic mass is 16.6. The van der Waals surface area contributed by atoms with E-state index >= 15 is 0 Å². The lowest BCUT2D eigenvalue weighted by atomic mass is 9.87. The van der Waals surface area contributed by atoms with Crippen LogP contribution in [0.25, 0.3) is 0 Å². The molecule has 3 heterocycles. The number of aliphatic hydroxyl groups is 1. The Balaban J connectivity index is 1.81. The summed E-state index contributed by atoms with van der Waals surface area (Å²) < 4.78 is 11.7. The number of hydrogen-bond acceptors (Lipinski definition) is 7. The van der Waals surface area contributed by atoms with E-state index in [1.54, 1.807) is 31.1 Å². The number of likely N-dealkylation sites (N-methyl/N-ethyl adjacent to an activating group) is 1. The molecule has 1 aromatic heterocycles. The van der Waals surface area contributed by atoms with Crippen LogP contribution in [0.1, 0.15) is 65.5 Å². The number of allylic oxidation sites excluding steroid dienone is 3. The summed E-state index contributed by atoms with van der Waals surface area (Å²) in [6.45, 7) is 11.1. The molecule has 1 saturated heterocycles. The van der Waals surface area contributed by atoms with E-state index in [1.807, 2.05) is 57.2 Å². The van der Waals surface area contributed by atoms with Gasteiger partial charge >= 0.3 is 12.1 Å². The molecule has 2 aliphatic rings. The predicted molar refractivity (Wildman–Crippen MR) is 157 cm³/mol. The number of cyclic esters (lactones) is 1. The van der Waals surface area contributed by atoms with Gasteiger partial charge in [-0.3, -0.25) is 14.7 Å². The Morgan fingerprint density at radius 1 is 1.27 bits per heavy atom. The van der Waals surface area contributed by atoms with E-state index in [0.29, 0.717) is 39.0 Å². The lowest BCUT2D eigenvalue weighted by Gasteiger charge is -2.37. The number of piperazine rings is 1. The van der Waals surface area contributed by atoms with Gasteiger partial charge in [0.2, 0.25) is 0 Å². The second-order valence-electron chi connectivity index (χ2n) is 12.3. The number of hydrogen-bond donors (Lipinski definition) is 2. The van der Waals surface area contributed by atoms with E-state index in [0.717, 1.165) is 11.3 Å². The minimum atomic E-state index is -1.33. The molecule has 9 nitrogen and oxygen atoms in total. The van der Waals surface area contributed by atoms with Crippen molar-refractivity contribution in [3.63, 3.8) is 0 Å². The van der Waals surface area contributed by atoms with Crippen LogP contribution < -0.4 is 0 Å². The summed E-state index contributed by atoms with van der Waals surface area (Å²) in [6.07, 6.45) is 10.5. The number of hydroxylamine groups is 3. The third-order valence-corrected chi connectivity index (χ3v) is 8.15. The largest absolute Gasteiger partial charge is 0.457 e. The molecule has 0 unspecified atom stereocenters. The van der Waals surface area contributed by atoms with E-state index in [-0.39, 0.29) is 34.8 Å². The highest BCUT2D eigenvalue weighted by Crippen LogP contribution is 2.29. The van der Waals surface area contributed by atoms with Crippen molar-refractivity contribution in [1.82, 2.24) is 9.88 Å². The van der Waals surface area contributed by atoms with Gasteiger partial charge in [-0.05, 0) is 56.4 Å². The van der Waals surface area contributed by atoms with Crippen molar-refractivity contribution in [3.05, 3.63) is 66.0 Å². The highest BCUT2D eigenvalue weighted by molar-refractivity contribution is 5.70. The molecule has 6 atom stereocenters. The van der Waals surface area contributed by atoms with Crippen LogP contribution in [0.15, 0.2) is 60.3 Å². The van der Waals surface area contributed by atoms with Gasteiger partial charge in [0.1, 0.15) is 24.8 Å². The Kier molecular flexibility index (Phi) is 11.3. The minimum Gasteiger partial charge on any atom is -0.457 e. The van der Waals surface area contributed by atoms with E-state index < -0.39 is 23.9 Å². The first-order valence-electron chi connectivity index (χ1n) is 14.7. The third-order valence-electron chi connectivity index (χ3n) is 8.15. The number of nitrogens with zero attached hydrogens (tertiary/aromatic N) is 3. The Hall–Kier alpha value is -3.01. The van der Waals surface area contributed by atoms with Crippen LogP contribution in [0, 0.1) is 11.8 Å². The number of carbonyl (C=O) groups excluding carboxylic acids is 2. The number of esters is 1. The summed E-state index contributed by atoms with van der Waals surface area (Å²) >= 11 is 0. The molecular formula is C32H48N3O6+. The zero-order valence-electron chi connectivity index (χ0n) is 25.4. The zero-order valence-corrected chi connectivity index (χ0v) is 25.4. The number of carbonyl (C=O) groups is 2. The molecule has 0 spiro atoms. The normalized spacial score (nSPS) is 31.5. The molecule has 0 aromatic carbocycles. The standard InChI is InChI=1S/C32H48N3O6/c1-23-15-16-32(5,38)28(40-31(37)34-18-20-35(6,39)21-19-34)14-13-26(4)30(41-29(36)22-23)25(3)11-9-10-24(2)27-12-7-8-17-33-27/h7-14,17,23-24,26,28,30,38-39H,15-16,18-22H2,1-6H3/q+1/b10-9+,14-13+,25-11+/t23-,24-,26+,28+,30-,32-/m1/s1. The van der Waals surface area contributed by atoms with Gasteiger partial charge in [0.25, 0.3) is 0 Å². The molecule has 0 bridgehead atoms. The second kappa shape index (κ2) is 14.2. The van der Waals surface area contributed by atoms with Crippen LogP contribution in [0.5, 0.6) is 0 Å². The minimum absolute atomic E-state index is 0.0183. The van der Waals surface area contributed by atoms with Crippen molar-refractivity contribution >= 4 is 12.1 Å². The lowest BCUT2D eigenvalue weighted by molar-refractivity contribution is -1.09. The summed E-state index contributed by atoms with van der Waals surface area (Å²) in [5.41, 5.74) is 0.522. The molecule has 9 heteroatoms. The smallest absolute Gasteiger partial charge is 0.410 e. The molecule has 1 amide bonds. The first-order chi connectivity index (χ1) is 19.3. The Morgan fingerprint density at radius 2 is 1.98 bits per heavy atom. The van der Waals surface area contributed by atoms with Crippen LogP contribution in [0.4, 0.5) is 4.79 Å². The number of amides is 1. The maximum atomic E-state index is 13.1. The SMILES string of the molecule is C/C(=C\C=C\[C@@H](C)c1ccccn1)[C@H]1OC(=O)C[C@H](C)CC[C@@](C)(O)[C@@H](OC(=O)N2CC[N+](C)(O)CC2)/C=C/[C@@H]1C. The van der Waals surface area contributed by atoms with Crippen molar-refractivity contribution in [2.75, 3.05) is 33.2 Å². The van der Waals surface area contributed by atoms with Gasteiger partial charge in [0.05, 0.1) is 20.1 Å². The molecule has 41 heavy (non-hydrogen) atoms. The molecule has 226 valence electrons. The molecule has 2 N–H and O–H groups in total. The molecule has 0 aliphatic carbocycles. The predicted octanol–water partition coefficient (Wildman–Crippen LogP) is 5.02. The van der Waals surface area contributed by atoms with Crippen molar-refractivity contribution in [3.8, 4) is 0 Å². The number of pyridine rings is 1. The molecule has 3 rings (SSSR count). The summed E-state index contributed by atoms with van der Waals surface area (Å²) in [7, 11) is 1.71. The molecule has 1 fully saturated rings. The summed E-state index contributed by atoms with van der Waals surface area (Å²) in [6, 6.07) is 5.84. The van der Waals surface area contributed by atoms with E-state index in [9.17, 15) is 19.9 Å². The van der Waals surface area contributed by atoms with Crippen molar-refractivity contribution < 1.29 is 34.0 Å². The maximum Gasteiger partial charge on any atom is 0.410 e. The second-order valence-corrected chi connectivity index (χ2v) is 12.3. The number of rotatable bonds is 5. The zero-order chi connectivity index (χ0) is 30.2. The fourth-order valence-electron chi connectivity index (χ4n) is 5.10. The van der Waals surface area contributed by atoms with Gasteiger partial charge in [-0.2, -0.15) is 4.65 Å². The topological polar surface area (TPSA) is 109 Å². The van der Waals surface area contributed by atoms with E-state index in [4.69, 9.17) is 9.47 Å². The molecule has 1 aromatic rings. The van der Waals surface area contributed by atoms with Gasteiger partial charge in [0.15, 0.2) is 6.10 Å². The van der Waals surface area contributed by atoms with Crippen LogP contribution in [-0.4, -0.2) is 87.9 Å². The number of aromatic nitrogens is 1. The van der Waals surface area contributed by atoms with Crippen LogP contribution in [0.3, 0.4) is 0 Å². The fraction of sp³-hybridized carbons (Fsp3) is 0.594. The van der Waals surface area contributed by atoms with Crippen molar-refractivity contribution in [2.24, 2.45) is 11.8 Å². The van der Waals surface area contributed by atoms with Crippen LogP contribution in [-0.2, 0) is 14.3 Å². The van der Waals surface area contributed by atoms with Gasteiger partial charge < -0.3 is 14.6 Å². The molecule has 2 aliphatic heterocycles. The quantitative estimate of drug-likeness (QED) is 0.221. The third kappa shape index (κ3) is 9.80. The lowest BCUT2D eigenvalue weighted by Crippen LogP contribution is -2.57. The van der Waals surface area contributed by atoms with Crippen LogP contribution >= 0.6 is 0 Å². The summed E-state index contributed by atoms with van der Waals surface area (Å²) in [4.78, 5) is 31.9. The van der Waals surface area contributed by atoms with Gasteiger partial charge in [-0.15, -0.1) is 0 Å². The monoisotopic (exact) mass is 570 g/mol. The van der Waals surface area contributed by atoms with Crippen molar-refractivity contribution in [1.29, 1.82) is 0 Å². The van der Waals surface area contributed by atoms with E-state index in [1.165, 1.54) is 0 Å². The number of ether oxygens (including phenoxy) is 2. The van der Waals surface area contributed by atoms with Gasteiger partial charge in [-0.1, -0.05) is 51.1 Å². The van der Waals surface area contributed by atoms with Crippen LogP contribution in [0.2, 0.25) is 0 Å². The fourth-order valence-corrected chi connectivity index (χ4v) is 5.10.